The molecule has 0 spiro atoms. The van der Waals surface area contributed by atoms with Crippen molar-refractivity contribution in [2.24, 2.45) is 0 Å². The zero-order valence-corrected chi connectivity index (χ0v) is 11.1. The molecule has 1 fully saturated rings. The number of nitrogens with one attached hydrogen (secondary N) is 1. The Kier molecular flexibility index (Phi) is 4.63. The molecule has 1 saturated heterocycles. The molecule has 19 heavy (non-hydrogen) atoms. The molecule has 1 unspecified atom stereocenters. The summed E-state index contributed by atoms with van der Waals surface area (Å²) in [6.45, 7) is 3.76. The second-order valence-corrected chi connectivity index (χ2v) is 4.57. The molecule has 2 rings (SSSR count). The van der Waals surface area contributed by atoms with E-state index in [2.05, 4.69) is 5.32 Å². The molecular formula is C14H20N2O3. The molecule has 3 N–H and O–H groups in total. The van der Waals surface area contributed by atoms with Crippen LogP contribution in [0.1, 0.15) is 30.1 Å². The highest BCUT2D eigenvalue weighted by atomic mass is 16.5. The van der Waals surface area contributed by atoms with E-state index < -0.39 is 0 Å². The van der Waals surface area contributed by atoms with E-state index in [0.29, 0.717) is 30.2 Å². The quantitative estimate of drug-likeness (QED) is 0.792. The molecule has 104 valence electrons. The summed E-state index contributed by atoms with van der Waals surface area (Å²) in [6.07, 6.45) is 2.20. The Morgan fingerprint density at radius 1 is 1.53 bits per heavy atom. The van der Waals surface area contributed by atoms with Crippen LogP contribution in [0.5, 0.6) is 5.75 Å². The second-order valence-electron chi connectivity index (χ2n) is 4.57. The van der Waals surface area contributed by atoms with Crippen molar-refractivity contribution in [2.75, 3.05) is 25.5 Å². The van der Waals surface area contributed by atoms with Crippen LogP contribution in [0.4, 0.5) is 5.69 Å². The van der Waals surface area contributed by atoms with E-state index in [1.165, 1.54) is 0 Å². The largest absolute Gasteiger partial charge is 0.494 e. The Morgan fingerprint density at radius 2 is 2.37 bits per heavy atom. The predicted octanol–water partition coefficient (Wildman–Crippen LogP) is 1.58. The van der Waals surface area contributed by atoms with Crippen molar-refractivity contribution in [1.82, 2.24) is 5.32 Å². The average molecular weight is 264 g/mol. The van der Waals surface area contributed by atoms with Crippen LogP contribution >= 0.6 is 0 Å². The average Bonchev–Trinajstić information content (AvgIpc) is 2.88. The van der Waals surface area contributed by atoms with Gasteiger partial charge in [-0.05, 0) is 31.9 Å². The number of benzene rings is 1. The van der Waals surface area contributed by atoms with Gasteiger partial charge in [0.2, 0.25) is 0 Å². The summed E-state index contributed by atoms with van der Waals surface area (Å²) < 4.78 is 10.8. The van der Waals surface area contributed by atoms with Crippen molar-refractivity contribution in [1.29, 1.82) is 0 Å². The van der Waals surface area contributed by atoms with Crippen LogP contribution in [0.25, 0.3) is 0 Å². The Hall–Kier alpha value is -1.75. The molecule has 5 heteroatoms. The third-order valence-electron chi connectivity index (χ3n) is 3.02. The third-order valence-corrected chi connectivity index (χ3v) is 3.02. The summed E-state index contributed by atoms with van der Waals surface area (Å²) in [7, 11) is 0. The van der Waals surface area contributed by atoms with Crippen molar-refractivity contribution in [3.05, 3.63) is 23.8 Å². The maximum Gasteiger partial charge on any atom is 0.251 e. The zero-order chi connectivity index (χ0) is 13.7. The molecule has 1 aromatic rings. The molecule has 1 atom stereocenters. The first-order valence-electron chi connectivity index (χ1n) is 6.62. The summed E-state index contributed by atoms with van der Waals surface area (Å²) >= 11 is 0. The number of nitrogens with two attached hydrogens (primary N) is 1. The first-order valence-corrected chi connectivity index (χ1v) is 6.62. The smallest absolute Gasteiger partial charge is 0.251 e. The third kappa shape index (κ3) is 3.86. The second kappa shape index (κ2) is 6.43. The number of hydrogen-bond acceptors (Lipinski definition) is 4. The number of nitrogen functional groups attached to an aromatic ring is 1. The maximum absolute atomic E-state index is 12.0. The number of ether oxygens (including phenoxy) is 2. The van der Waals surface area contributed by atoms with Gasteiger partial charge in [0.05, 0.1) is 12.7 Å². The van der Waals surface area contributed by atoms with E-state index in [0.717, 1.165) is 19.4 Å². The molecule has 1 amide bonds. The fourth-order valence-electron chi connectivity index (χ4n) is 2.12. The Bertz CT molecular complexity index is 442. The maximum atomic E-state index is 12.0. The van der Waals surface area contributed by atoms with E-state index >= 15 is 0 Å². The summed E-state index contributed by atoms with van der Waals surface area (Å²) in [6, 6.07) is 5.05. The fraction of sp³-hybridized carbons (Fsp3) is 0.500. The number of carbonyl (C=O) groups excluding carboxylic acids is 1. The van der Waals surface area contributed by atoms with E-state index in [4.69, 9.17) is 15.2 Å². The van der Waals surface area contributed by atoms with Gasteiger partial charge in [0, 0.05) is 30.5 Å². The molecule has 1 aliphatic rings. The van der Waals surface area contributed by atoms with Crippen LogP contribution in [0.3, 0.4) is 0 Å². The van der Waals surface area contributed by atoms with E-state index in [-0.39, 0.29) is 12.0 Å². The van der Waals surface area contributed by atoms with E-state index in [9.17, 15) is 4.79 Å². The van der Waals surface area contributed by atoms with Crippen molar-refractivity contribution in [3.63, 3.8) is 0 Å². The van der Waals surface area contributed by atoms with Crippen molar-refractivity contribution in [3.8, 4) is 5.75 Å². The number of anilines is 1. The standard InChI is InChI=1S/C14H20N2O3/c1-2-18-13-7-10(6-11(15)8-13)14(17)16-9-12-4-3-5-19-12/h6-8,12H,2-5,9,15H2,1H3,(H,16,17). The van der Waals surface area contributed by atoms with Gasteiger partial charge in [-0.25, -0.2) is 0 Å². The molecule has 5 nitrogen and oxygen atoms in total. The minimum Gasteiger partial charge on any atom is -0.494 e. The van der Waals surface area contributed by atoms with Crippen LogP contribution in [-0.2, 0) is 4.74 Å². The summed E-state index contributed by atoms with van der Waals surface area (Å²) in [5.74, 6) is 0.466. The normalized spacial score (nSPS) is 18.3. The van der Waals surface area contributed by atoms with Gasteiger partial charge >= 0.3 is 0 Å². The summed E-state index contributed by atoms with van der Waals surface area (Å²) in [4.78, 5) is 12.0. The highest BCUT2D eigenvalue weighted by Crippen LogP contribution is 2.19. The van der Waals surface area contributed by atoms with Gasteiger partial charge in [-0.1, -0.05) is 0 Å². The van der Waals surface area contributed by atoms with Crippen LogP contribution < -0.4 is 15.8 Å². The number of carbonyl (C=O) groups is 1. The van der Waals surface area contributed by atoms with Gasteiger partial charge in [0.15, 0.2) is 0 Å². The fourth-order valence-corrected chi connectivity index (χ4v) is 2.12. The van der Waals surface area contributed by atoms with Crippen LogP contribution in [-0.4, -0.2) is 31.8 Å². The lowest BCUT2D eigenvalue weighted by Gasteiger charge is -2.12. The molecule has 1 heterocycles. The summed E-state index contributed by atoms with van der Waals surface area (Å²) in [5.41, 5.74) is 6.80. The zero-order valence-electron chi connectivity index (χ0n) is 11.1. The number of hydrogen-bond donors (Lipinski definition) is 2. The first kappa shape index (κ1) is 13.7. The van der Waals surface area contributed by atoms with E-state index in [1.807, 2.05) is 6.92 Å². The molecule has 0 radical (unpaired) electrons. The van der Waals surface area contributed by atoms with Crippen LogP contribution in [0, 0.1) is 0 Å². The lowest BCUT2D eigenvalue weighted by atomic mass is 10.1. The highest BCUT2D eigenvalue weighted by molar-refractivity contribution is 5.95. The minimum atomic E-state index is -0.149. The molecule has 0 bridgehead atoms. The van der Waals surface area contributed by atoms with Crippen molar-refractivity contribution in [2.45, 2.75) is 25.9 Å². The van der Waals surface area contributed by atoms with Gasteiger partial charge in [0.25, 0.3) is 5.91 Å². The SMILES string of the molecule is CCOc1cc(N)cc(C(=O)NCC2CCCO2)c1. The number of amides is 1. The Labute approximate surface area is 113 Å². The Balaban J connectivity index is 1.97. The molecular weight excluding hydrogens is 244 g/mol. The molecule has 1 aromatic carbocycles. The van der Waals surface area contributed by atoms with Gasteiger partial charge in [-0.3, -0.25) is 4.79 Å². The lowest BCUT2D eigenvalue weighted by molar-refractivity contribution is 0.0857. The Morgan fingerprint density at radius 3 is 3.05 bits per heavy atom. The van der Waals surface area contributed by atoms with Crippen LogP contribution in [0.15, 0.2) is 18.2 Å². The van der Waals surface area contributed by atoms with Crippen molar-refractivity contribution < 1.29 is 14.3 Å². The first-order chi connectivity index (χ1) is 9.19. The van der Waals surface area contributed by atoms with Gasteiger partial charge < -0.3 is 20.5 Å². The molecule has 1 aliphatic heterocycles. The predicted molar refractivity (Wildman–Crippen MR) is 73.3 cm³/mol. The number of rotatable bonds is 5. The van der Waals surface area contributed by atoms with E-state index in [1.54, 1.807) is 18.2 Å². The lowest BCUT2D eigenvalue weighted by Crippen LogP contribution is -2.31. The molecule has 0 aromatic heterocycles. The molecule has 0 saturated carbocycles. The monoisotopic (exact) mass is 264 g/mol. The summed E-state index contributed by atoms with van der Waals surface area (Å²) in [5, 5.41) is 2.86. The van der Waals surface area contributed by atoms with Gasteiger partial charge in [-0.15, -0.1) is 0 Å². The van der Waals surface area contributed by atoms with Crippen molar-refractivity contribution >= 4 is 11.6 Å². The molecule has 0 aliphatic carbocycles. The van der Waals surface area contributed by atoms with Gasteiger partial charge in [-0.2, -0.15) is 0 Å². The van der Waals surface area contributed by atoms with Gasteiger partial charge in [0.1, 0.15) is 5.75 Å². The topological polar surface area (TPSA) is 73.6 Å². The minimum absolute atomic E-state index is 0.136. The van der Waals surface area contributed by atoms with Crippen LogP contribution in [0.2, 0.25) is 0 Å². The highest BCUT2D eigenvalue weighted by Gasteiger charge is 2.17.